The highest BCUT2D eigenvalue weighted by Crippen LogP contribution is 2.52. The Labute approximate surface area is 229 Å². The monoisotopic (exact) mass is 542 g/mol. The van der Waals surface area contributed by atoms with E-state index in [2.05, 4.69) is 26.4 Å². The minimum Gasteiger partial charge on any atom is -0.382 e. The molecule has 4 N–H and O–H groups in total. The number of piperidine rings is 1. The highest BCUT2D eigenvalue weighted by molar-refractivity contribution is 7.99. The quantitative estimate of drug-likeness (QED) is 0.318. The number of halogens is 1. The number of nitrogen functional groups attached to an aromatic ring is 1. The second kappa shape index (κ2) is 8.18. The van der Waals surface area contributed by atoms with Crippen LogP contribution in [0.2, 0.25) is 5.02 Å². The van der Waals surface area contributed by atoms with E-state index < -0.39 is 0 Å². The molecule has 0 radical (unpaired) electrons. The van der Waals surface area contributed by atoms with Crippen molar-refractivity contribution in [1.82, 2.24) is 24.3 Å². The molecule has 5 aromatic heterocycles. The SMILES string of the molecule is Nc1nccc(Sc2ccc3nc(N4CCC5(CC4)Cc4nc(C6CC6)ccc4C5N)c4cnc2n34)c1Cl. The van der Waals surface area contributed by atoms with Gasteiger partial charge in [0.25, 0.3) is 0 Å². The summed E-state index contributed by atoms with van der Waals surface area (Å²) in [6.45, 7) is 1.84. The van der Waals surface area contributed by atoms with Crippen molar-refractivity contribution in [3.8, 4) is 0 Å². The fraction of sp³-hybridized carbons (Fsp3) is 0.357. The lowest BCUT2D eigenvalue weighted by Crippen LogP contribution is -2.44. The van der Waals surface area contributed by atoms with Crippen LogP contribution in [0.5, 0.6) is 0 Å². The number of hydrogen-bond acceptors (Lipinski definition) is 8. The van der Waals surface area contributed by atoms with E-state index in [4.69, 9.17) is 38.0 Å². The Balaban J connectivity index is 1.06. The van der Waals surface area contributed by atoms with Gasteiger partial charge in [-0.3, -0.25) is 9.38 Å². The Bertz CT molecular complexity index is 1700. The van der Waals surface area contributed by atoms with Crippen molar-refractivity contribution in [2.45, 2.75) is 53.9 Å². The molecule has 8 rings (SSSR count). The lowest BCUT2D eigenvalue weighted by atomic mass is 9.73. The van der Waals surface area contributed by atoms with Gasteiger partial charge in [0, 0.05) is 47.5 Å². The molecule has 1 saturated carbocycles. The predicted octanol–water partition coefficient (Wildman–Crippen LogP) is 5.22. The van der Waals surface area contributed by atoms with E-state index in [1.807, 2.05) is 24.4 Å². The molecular formula is C28H27ClN8S. The van der Waals surface area contributed by atoms with Crippen LogP contribution in [0.15, 0.2) is 52.5 Å². The summed E-state index contributed by atoms with van der Waals surface area (Å²) in [6, 6.07) is 10.5. The average molecular weight is 543 g/mol. The minimum atomic E-state index is 0.0541. The molecular weight excluding hydrogens is 516 g/mol. The normalized spacial score (nSPS) is 20.7. The van der Waals surface area contributed by atoms with Crippen LogP contribution in [0.4, 0.5) is 11.6 Å². The number of nitrogens with two attached hydrogens (primary N) is 2. The van der Waals surface area contributed by atoms with E-state index in [9.17, 15) is 0 Å². The fourth-order valence-electron chi connectivity index (χ4n) is 6.40. The molecule has 1 unspecified atom stereocenters. The van der Waals surface area contributed by atoms with Crippen LogP contribution in [-0.2, 0) is 6.42 Å². The van der Waals surface area contributed by atoms with Gasteiger partial charge in [0.05, 0.1) is 16.1 Å². The first-order valence-electron chi connectivity index (χ1n) is 13.2. The van der Waals surface area contributed by atoms with Crippen molar-refractivity contribution < 1.29 is 0 Å². The largest absolute Gasteiger partial charge is 0.382 e. The van der Waals surface area contributed by atoms with Crippen molar-refractivity contribution >= 4 is 51.8 Å². The van der Waals surface area contributed by atoms with Gasteiger partial charge in [-0.25, -0.2) is 15.0 Å². The summed E-state index contributed by atoms with van der Waals surface area (Å²) < 4.78 is 2.14. The zero-order valence-electron chi connectivity index (χ0n) is 20.8. The zero-order valence-corrected chi connectivity index (χ0v) is 22.3. The van der Waals surface area contributed by atoms with Crippen molar-refractivity contribution in [3.05, 3.63) is 64.7 Å². The molecule has 3 aliphatic rings. The maximum absolute atomic E-state index is 6.88. The Hall–Kier alpha value is -3.14. The molecule has 192 valence electrons. The number of aromatic nitrogens is 5. The summed E-state index contributed by atoms with van der Waals surface area (Å²) in [7, 11) is 0. The van der Waals surface area contributed by atoms with Crippen LogP contribution in [0.3, 0.4) is 0 Å². The average Bonchev–Trinajstić information content (AvgIpc) is 3.50. The highest BCUT2D eigenvalue weighted by atomic mass is 35.5. The molecule has 0 aromatic carbocycles. The minimum absolute atomic E-state index is 0.0541. The van der Waals surface area contributed by atoms with Crippen molar-refractivity contribution in [3.63, 3.8) is 0 Å². The van der Waals surface area contributed by atoms with Crippen LogP contribution >= 0.6 is 23.4 Å². The first-order valence-corrected chi connectivity index (χ1v) is 14.4. The molecule has 0 amide bonds. The maximum atomic E-state index is 6.88. The summed E-state index contributed by atoms with van der Waals surface area (Å²) in [4.78, 5) is 23.2. The number of anilines is 2. The number of imidazole rings is 2. The van der Waals surface area contributed by atoms with Crippen LogP contribution in [0.1, 0.15) is 54.6 Å². The first kappa shape index (κ1) is 22.8. The lowest BCUT2D eigenvalue weighted by molar-refractivity contribution is 0.187. The van der Waals surface area contributed by atoms with E-state index in [1.165, 1.54) is 41.6 Å². The summed E-state index contributed by atoms with van der Waals surface area (Å²) in [5.41, 5.74) is 19.4. The summed E-state index contributed by atoms with van der Waals surface area (Å²) >= 11 is 7.94. The van der Waals surface area contributed by atoms with Crippen molar-refractivity contribution in [1.29, 1.82) is 0 Å². The molecule has 2 fully saturated rings. The third-order valence-electron chi connectivity index (χ3n) is 8.74. The van der Waals surface area contributed by atoms with Crippen molar-refractivity contribution in [2.24, 2.45) is 11.1 Å². The van der Waals surface area contributed by atoms with Gasteiger partial charge in [0.15, 0.2) is 11.5 Å². The van der Waals surface area contributed by atoms with Gasteiger partial charge in [0.2, 0.25) is 0 Å². The molecule has 1 saturated heterocycles. The van der Waals surface area contributed by atoms with Crippen LogP contribution in [0.25, 0.3) is 16.8 Å². The zero-order chi connectivity index (χ0) is 25.6. The van der Waals surface area contributed by atoms with E-state index in [0.29, 0.717) is 16.8 Å². The van der Waals surface area contributed by atoms with E-state index in [0.717, 1.165) is 64.8 Å². The highest BCUT2D eigenvalue weighted by Gasteiger charge is 2.47. The topological polar surface area (TPSA) is 111 Å². The summed E-state index contributed by atoms with van der Waals surface area (Å²) in [5, 5.41) is 0.465. The second-order valence-electron chi connectivity index (χ2n) is 11.0. The standard InChI is InChI=1S/C28H27ClN8S/c29-23-20(7-10-32-25(23)31)38-21-5-6-22-35-26(19-14-33-27(21)37(19)22)36-11-8-28(9-12-36)13-18-16(24(28)30)3-4-17(34-18)15-1-2-15/h3-7,10,14-15,24H,1-2,8-9,11-13,30H2,(H2,31,32). The van der Waals surface area contributed by atoms with Gasteiger partial charge in [-0.1, -0.05) is 29.4 Å². The molecule has 6 heterocycles. The van der Waals surface area contributed by atoms with Crippen LogP contribution < -0.4 is 16.4 Å². The molecule has 0 bridgehead atoms. The first-order chi connectivity index (χ1) is 18.5. The third kappa shape index (κ3) is 3.34. The molecule has 38 heavy (non-hydrogen) atoms. The number of nitrogens with zero attached hydrogens (tertiary/aromatic N) is 6. The molecule has 1 spiro atoms. The number of hydrogen-bond donors (Lipinski definition) is 2. The van der Waals surface area contributed by atoms with Crippen LogP contribution in [-0.4, -0.2) is 37.4 Å². The maximum Gasteiger partial charge on any atom is 0.157 e. The van der Waals surface area contributed by atoms with Crippen molar-refractivity contribution in [2.75, 3.05) is 23.7 Å². The van der Waals surface area contributed by atoms with Crippen LogP contribution in [0, 0.1) is 5.41 Å². The smallest absolute Gasteiger partial charge is 0.157 e. The Kier molecular flexibility index (Phi) is 4.91. The van der Waals surface area contributed by atoms with Gasteiger partial charge in [-0.15, -0.1) is 0 Å². The Morgan fingerprint density at radius 2 is 1.84 bits per heavy atom. The van der Waals surface area contributed by atoms with E-state index in [1.54, 1.807) is 6.20 Å². The molecule has 1 atom stereocenters. The Morgan fingerprint density at radius 3 is 2.66 bits per heavy atom. The van der Waals surface area contributed by atoms with E-state index >= 15 is 0 Å². The molecule has 5 aromatic rings. The van der Waals surface area contributed by atoms with Gasteiger partial charge in [0.1, 0.15) is 17.0 Å². The number of rotatable bonds is 4. The van der Waals surface area contributed by atoms with Gasteiger partial charge < -0.3 is 16.4 Å². The molecule has 2 aliphatic carbocycles. The number of pyridine rings is 3. The molecule has 10 heteroatoms. The fourth-order valence-corrected chi connectivity index (χ4v) is 7.56. The van der Waals surface area contributed by atoms with Gasteiger partial charge in [-0.05, 0) is 67.3 Å². The van der Waals surface area contributed by atoms with Gasteiger partial charge in [-0.2, -0.15) is 0 Å². The second-order valence-corrected chi connectivity index (χ2v) is 12.4. The summed E-state index contributed by atoms with van der Waals surface area (Å²) in [5.74, 6) is 1.99. The third-order valence-corrected chi connectivity index (χ3v) is 10.4. The summed E-state index contributed by atoms with van der Waals surface area (Å²) in [6.07, 6.45) is 9.21. The number of fused-ring (bicyclic) bond motifs is 1. The van der Waals surface area contributed by atoms with Gasteiger partial charge >= 0.3 is 0 Å². The lowest BCUT2D eigenvalue weighted by Gasteiger charge is -2.42. The molecule has 1 aliphatic heterocycles. The Morgan fingerprint density at radius 1 is 1.00 bits per heavy atom. The molecule has 8 nitrogen and oxygen atoms in total. The predicted molar refractivity (Wildman–Crippen MR) is 150 cm³/mol. The van der Waals surface area contributed by atoms with E-state index in [-0.39, 0.29) is 11.5 Å².